The van der Waals surface area contributed by atoms with Gasteiger partial charge in [0.1, 0.15) is 11.6 Å². The summed E-state index contributed by atoms with van der Waals surface area (Å²) >= 11 is 0. The van der Waals surface area contributed by atoms with Crippen LogP contribution in [0.3, 0.4) is 0 Å². The first-order valence-corrected chi connectivity index (χ1v) is 10.8. The van der Waals surface area contributed by atoms with E-state index in [0.29, 0.717) is 22.7 Å². The third-order valence-electron chi connectivity index (χ3n) is 5.96. The average molecular weight is 424 g/mol. The fourth-order valence-electron chi connectivity index (χ4n) is 5.14. The maximum Gasteiger partial charge on any atom is 0.137 e. The Balaban J connectivity index is 1.46. The second-order valence-electron chi connectivity index (χ2n) is 9.95. The number of hydrogen-bond donors (Lipinski definition) is 3. The SMILES string of the molecule is CC1(C)CC(CCc2ccc(-c3c(O)cc(-c4cn[nH]c4)cc3F)nn2)CC(C)(C)N1. The molecule has 0 radical (unpaired) electrons. The summed E-state index contributed by atoms with van der Waals surface area (Å²) in [4.78, 5) is 0. The first-order valence-electron chi connectivity index (χ1n) is 10.8. The zero-order valence-electron chi connectivity index (χ0n) is 18.5. The lowest BCUT2D eigenvalue weighted by molar-refractivity contribution is 0.123. The van der Waals surface area contributed by atoms with Crippen molar-refractivity contribution in [3.63, 3.8) is 0 Å². The number of nitrogens with one attached hydrogen (secondary N) is 2. The molecule has 2 aromatic heterocycles. The quantitative estimate of drug-likeness (QED) is 0.545. The number of phenolic OH excluding ortho intramolecular Hbond substituents is 1. The molecule has 7 heteroatoms. The molecule has 1 fully saturated rings. The summed E-state index contributed by atoms with van der Waals surface area (Å²) in [5.41, 5.74) is 2.76. The molecule has 0 amide bonds. The third-order valence-corrected chi connectivity index (χ3v) is 5.96. The molecule has 6 nitrogen and oxygen atoms in total. The lowest BCUT2D eigenvalue weighted by Gasteiger charge is -2.46. The molecule has 1 aliphatic rings. The summed E-state index contributed by atoms with van der Waals surface area (Å²) in [5, 5.41) is 29.2. The first kappa shape index (κ1) is 21.4. The largest absolute Gasteiger partial charge is 0.507 e. The molecule has 1 aromatic carbocycles. The highest BCUT2D eigenvalue weighted by Crippen LogP contribution is 2.36. The van der Waals surface area contributed by atoms with Gasteiger partial charge in [0, 0.05) is 22.8 Å². The highest BCUT2D eigenvalue weighted by Gasteiger charge is 2.37. The number of H-pyrrole nitrogens is 1. The summed E-state index contributed by atoms with van der Waals surface area (Å²) < 4.78 is 14.8. The highest BCUT2D eigenvalue weighted by molar-refractivity contribution is 5.74. The van der Waals surface area contributed by atoms with E-state index in [0.717, 1.165) is 31.4 Å². The number of aryl methyl sites for hydroxylation is 1. The van der Waals surface area contributed by atoms with Crippen LogP contribution in [0, 0.1) is 11.7 Å². The molecule has 4 rings (SSSR count). The van der Waals surface area contributed by atoms with Crippen molar-refractivity contribution < 1.29 is 9.50 Å². The fourth-order valence-corrected chi connectivity index (χ4v) is 5.14. The molecule has 0 spiro atoms. The standard InChI is InChI=1S/C24H30FN5O/c1-23(2)11-15(12-24(3,4)30-23)5-6-18-7-8-20(29-28-18)22-19(25)9-16(10-21(22)31)17-13-26-27-14-17/h7-10,13-15,30-31H,5-6,11-12H2,1-4H3,(H,26,27). The van der Waals surface area contributed by atoms with Crippen LogP contribution in [-0.4, -0.2) is 36.6 Å². The predicted octanol–water partition coefficient (Wildman–Crippen LogP) is 4.87. The molecule has 0 atom stereocenters. The number of hydrogen-bond acceptors (Lipinski definition) is 5. The number of rotatable bonds is 5. The molecule has 0 aliphatic carbocycles. The molecule has 3 N–H and O–H groups in total. The normalized spacial score (nSPS) is 18.2. The number of aromatic hydroxyl groups is 1. The van der Waals surface area contributed by atoms with E-state index >= 15 is 0 Å². The molecule has 164 valence electrons. The maximum absolute atomic E-state index is 14.8. The van der Waals surface area contributed by atoms with Gasteiger partial charge in [-0.15, -0.1) is 0 Å². The number of phenols is 1. The highest BCUT2D eigenvalue weighted by atomic mass is 19.1. The Morgan fingerprint density at radius 2 is 1.81 bits per heavy atom. The van der Waals surface area contributed by atoms with E-state index in [9.17, 15) is 9.50 Å². The van der Waals surface area contributed by atoms with E-state index in [1.807, 2.05) is 6.07 Å². The van der Waals surface area contributed by atoms with Crippen molar-refractivity contribution in [3.05, 3.63) is 48.2 Å². The molecule has 0 unspecified atom stereocenters. The Morgan fingerprint density at radius 3 is 2.39 bits per heavy atom. The van der Waals surface area contributed by atoms with E-state index < -0.39 is 5.82 Å². The molecule has 3 aromatic rings. The predicted molar refractivity (Wildman–Crippen MR) is 119 cm³/mol. The number of nitrogens with zero attached hydrogens (tertiary/aromatic N) is 3. The lowest BCUT2D eigenvalue weighted by atomic mass is 9.74. The smallest absolute Gasteiger partial charge is 0.137 e. The second kappa shape index (κ2) is 8.04. The van der Waals surface area contributed by atoms with Gasteiger partial charge in [-0.2, -0.15) is 15.3 Å². The molecule has 0 bridgehead atoms. The maximum atomic E-state index is 14.8. The van der Waals surface area contributed by atoms with Crippen LogP contribution in [0.5, 0.6) is 5.75 Å². The minimum atomic E-state index is -0.544. The Morgan fingerprint density at radius 1 is 1.06 bits per heavy atom. The number of halogens is 1. The van der Waals surface area contributed by atoms with Crippen molar-refractivity contribution in [2.24, 2.45) is 5.92 Å². The lowest BCUT2D eigenvalue weighted by Crippen LogP contribution is -2.57. The van der Waals surface area contributed by atoms with Gasteiger partial charge in [0.2, 0.25) is 0 Å². The number of aromatic nitrogens is 4. The zero-order chi connectivity index (χ0) is 22.2. The van der Waals surface area contributed by atoms with E-state index in [1.54, 1.807) is 18.5 Å². The second-order valence-corrected chi connectivity index (χ2v) is 9.95. The average Bonchev–Trinajstić information content (AvgIpc) is 3.19. The number of aromatic amines is 1. The van der Waals surface area contributed by atoms with Crippen LogP contribution in [0.4, 0.5) is 4.39 Å². The van der Waals surface area contributed by atoms with E-state index in [4.69, 9.17) is 0 Å². The van der Waals surface area contributed by atoms with Gasteiger partial charge in [-0.3, -0.25) is 5.10 Å². The van der Waals surface area contributed by atoms with Gasteiger partial charge in [-0.05, 0) is 89.1 Å². The van der Waals surface area contributed by atoms with Crippen molar-refractivity contribution in [1.29, 1.82) is 0 Å². The van der Waals surface area contributed by atoms with Crippen molar-refractivity contribution in [2.45, 2.75) is 64.5 Å². The Labute approximate surface area is 182 Å². The van der Waals surface area contributed by atoms with Crippen LogP contribution in [0.15, 0.2) is 36.7 Å². The molecule has 3 heterocycles. The van der Waals surface area contributed by atoms with Crippen LogP contribution < -0.4 is 5.32 Å². The topological polar surface area (TPSA) is 86.7 Å². The summed E-state index contributed by atoms with van der Waals surface area (Å²) in [6.07, 6.45) is 7.36. The minimum Gasteiger partial charge on any atom is -0.507 e. The Kier molecular flexibility index (Phi) is 5.56. The van der Waals surface area contributed by atoms with Gasteiger partial charge in [-0.1, -0.05) is 0 Å². The van der Waals surface area contributed by atoms with E-state index in [1.165, 1.54) is 12.1 Å². The van der Waals surface area contributed by atoms with Gasteiger partial charge in [0.05, 0.1) is 23.1 Å². The number of piperidine rings is 1. The van der Waals surface area contributed by atoms with Crippen LogP contribution in [0.25, 0.3) is 22.4 Å². The Bertz CT molecular complexity index is 1010. The minimum absolute atomic E-state index is 0.0631. The van der Waals surface area contributed by atoms with Gasteiger partial charge in [-0.25, -0.2) is 4.39 Å². The van der Waals surface area contributed by atoms with E-state index in [-0.39, 0.29) is 22.4 Å². The zero-order valence-corrected chi connectivity index (χ0v) is 18.5. The summed E-state index contributed by atoms with van der Waals surface area (Å²) in [5.74, 6) is -0.0977. The van der Waals surface area contributed by atoms with Crippen molar-refractivity contribution in [3.8, 4) is 28.1 Å². The molecular weight excluding hydrogens is 393 g/mol. The third kappa shape index (κ3) is 4.93. The van der Waals surface area contributed by atoms with Crippen LogP contribution in [-0.2, 0) is 6.42 Å². The molecule has 1 aliphatic heterocycles. The fraction of sp³-hybridized carbons (Fsp3) is 0.458. The molecular formula is C24H30FN5O. The summed E-state index contributed by atoms with van der Waals surface area (Å²) in [6, 6.07) is 6.49. The van der Waals surface area contributed by atoms with Crippen molar-refractivity contribution >= 4 is 0 Å². The summed E-state index contributed by atoms with van der Waals surface area (Å²) in [7, 11) is 0. The van der Waals surface area contributed by atoms with Gasteiger partial charge >= 0.3 is 0 Å². The van der Waals surface area contributed by atoms with Gasteiger partial charge in [0.15, 0.2) is 0 Å². The summed E-state index contributed by atoms with van der Waals surface area (Å²) in [6.45, 7) is 9.03. The van der Waals surface area contributed by atoms with Gasteiger partial charge < -0.3 is 10.4 Å². The van der Waals surface area contributed by atoms with Crippen molar-refractivity contribution in [1.82, 2.24) is 25.7 Å². The number of benzene rings is 1. The van der Waals surface area contributed by atoms with Crippen molar-refractivity contribution in [2.75, 3.05) is 0 Å². The molecule has 0 saturated carbocycles. The molecule has 1 saturated heterocycles. The van der Waals surface area contributed by atoms with Crippen LogP contribution >= 0.6 is 0 Å². The monoisotopic (exact) mass is 423 g/mol. The van der Waals surface area contributed by atoms with Crippen LogP contribution in [0.1, 0.15) is 52.7 Å². The first-order chi connectivity index (χ1) is 14.6. The van der Waals surface area contributed by atoms with Crippen LogP contribution in [0.2, 0.25) is 0 Å². The van der Waals surface area contributed by atoms with E-state index in [2.05, 4.69) is 53.4 Å². The van der Waals surface area contributed by atoms with Gasteiger partial charge in [0.25, 0.3) is 0 Å². The Hall–Kier alpha value is -2.80. The molecule has 31 heavy (non-hydrogen) atoms.